The standard InChI is InChI=1S/C14H18N4O/c1-14(9-19-8-11(14)15)13-16-12(17-18(13)2)10-6-4-3-5-7-10/h3-7,11H,8-9,15H2,1-2H3. The van der Waals surface area contributed by atoms with Crippen LogP contribution >= 0.6 is 0 Å². The van der Waals surface area contributed by atoms with Crippen molar-refractivity contribution in [2.45, 2.75) is 18.4 Å². The Morgan fingerprint density at radius 2 is 2.11 bits per heavy atom. The molecule has 19 heavy (non-hydrogen) atoms. The number of aryl methyl sites for hydroxylation is 1. The average molecular weight is 258 g/mol. The second kappa shape index (κ2) is 4.43. The highest BCUT2D eigenvalue weighted by Crippen LogP contribution is 2.31. The maximum Gasteiger partial charge on any atom is 0.181 e. The van der Waals surface area contributed by atoms with Gasteiger partial charge in [0.15, 0.2) is 5.82 Å². The molecular weight excluding hydrogens is 240 g/mol. The number of nitrogens with two attached hydrogens (primary N) is 1. The largest absolute Gasteiger partial charge is 0.379 e. The maximum atomic E-state index is 6.16. The molecule has 1 aliphatic heterocycles. The molecule has 2 unspecified atom stereocenters. The van der Waals surface area contributed by atoms with E-state index in [2.05, 4.69) is 17.0 Å². The van der Waals surface area contributed by atoms with E-state index in [0.717, 1.165) is 17.2 Å². The van der Waals surface area contributed by atoms with Gasteiger partial charge in [-0.05, 0) is 6.92 Å². The molecule has 2 heterocycles. The Balaban J connectivity index is 2.03. The number of ether oxygens (including phenoxy) is 1. The summed E-state index contributed by atoms with van der Waals surface area (Å²) in [5, 5.41) is 4.50. The molecule has 2 aromatic rings. The number of hydrogen-bond donors (Lipinski definition) is 1. The molecule has 5 nitrogen and oxygen atoms in total. The summed E-state index contributed by atoms with van der Waals surface area (Å²) in [5.74, 6) is 1.62. The molecule has 1 aliphatic rings. The Bertz CT molecular complexity index is 580. The molecule has 0 saturated carbocycles. The second-order valence-corrected chi connectivity index (χ2v) is 5.29. The van der Waals surface area contributed by atoms with Gasteiger partial charge in [0, 0.05) is 18.7 Å². The van der Waals surface area contributed by atoms with Crippen molar-refractivity contribution >= 4 is 0 Å². The fraction of sp³-hybridized carbons (Fsp3) is 0.429. The molecular formula is C14H18N4O. The molecule has 100 valence electrons. The lowest BCUT2D eigenvalue weighted by atomic mass is 9.85. The smallest absolute Gasteiger partial charge is 0.181 e. The Morgan fingerprint density at radius 1 is 1.37 bits per heavy atom. The quantitative estimate of drug-likeness (QED) is 0.876. The van der Waals surface area contributed by atoms with E-state index in [1.165, 1.54) is 0 Å². The van der Waals surface area contributed by atoms with E-state index >= 15 is 0 Å². The lowest BCUT2D eigenvalue weighted by Crippen LogP contribution is -2.43. The summed E-state index contributed by atoms with van der Waals surface area (Å²) < 4.78 is 7.31. The van der Waals surface area contributed by atoms with E-state index in [4.69, 9.17) is 10.5 Å². The minimum Gasteiger partial charge on any atom is -0.379 e. The van der Waals surface area contributed by atoms with Crippen LogP contribution in [0.3, 0.4) is 0 Å². The average Bonchev–Trinajstić information content (AvgIpc) is 2.96. The Morgan fingerprint density at radius 3 is 2.74 bits per heavy atom. The third kappa shape index (κ3) is 1.95. The van der Waals surface area contributed by atoms with Crippen LogP contribution in [0.25, 0.3) is 11.4 Å². The first kappa shape index (κ1) is 12.3. The first-order valence-corrected chi connectivity index (χ1v) is 6.41. The molecule has 3 rings (SSSR count). The number of benzene rings is 1. The van der Waals surface area contributed by atoms with Crippen molar-refractivity contribution in [3.63, 3.8) is 0 Å². The van der Waals surface area contributed by atoms with Crippen LogP contribution in [0.15, 0.2) is 30.3 Å². The van der Waals surface area contributed by atoms with Crippen LogP contribution in [0, 0.1) is 0 Å². The third-order valence-corrected chi connectivity index (χ3v) is 3.82. The van der Waals surface area contributed by atoms with Crippen LogP contribution in [0.5, 0.6) is 0 Å². The topological polar surface area (TPSA) is 66.0 Å². The zero-order chi connectivity index (χ0) is 13.5. The summed E-state index contributed by atoms with van der Waals surface area (Å²) in [6.45, 7) is 3.25. The third-order valence-electron chi connectivity index (χ3n) is 3.82. The fourth-order valence-corrected chi connectivity index (χ4v) is 2.51. The highest BCUT2D eigenvalue weighted by Gasteiger charge is 2.43. The molecule has 1 aromatic heterocycles. The van der Waals surface area contributed by atoms with E-state index in [0.29, 0.717) is 13.2 Å². The summed E-state index contributed by atoms with van der Waals surface area (Å²) >= 11 is 0. The van der Waals surface area contributed by atoms with E-state index < -0.39 is 0 Å². The second-order valence-electron chi connectivity index (χ2n) is 5.29. The van der Waals surface area contributed by atoms with Gasteiger partial charge in [0.05, 0.1) is 18.6 Å². The predicted molar refractivity (Wildman–Crippen MR) is 72.6 cm³/mol. The van der Waals surface area contributed by atoms with Crippen LogP contribution < -0.4 is 5.73 Å². The highest BCUT2D eigenvalue weighted by atomic mass is 16.5. The van der Waals surface area contributed by atoms with Gasteiger partial charge >= 0.3 is 0 Å². The van der Waals surface area contributed by atoms with Gasteiger partial charge in [0.25, 0.3) is 0 Å². The molecule has 0 radical (unpaired) electrons. The van der Waals surface area contributed by atoms with Crippen molar-refractivity contribution in [3.05, 3.63) is 36.2 Å². The van der Waals surface area contributed by atoms with Gasteiger partial charge in [-0.1, -0.05) is 30.3 Å². The molecule has 1 fully saturated rings. The van der Waals surface area contributed by atoms with Crippen molar-refractivity contribution in [1.29, 1.82) is 0 Å². The van der Waals surface area contributed by atoms with Crippen molar-refractivity contribution in [2.75, 3.05) is 13.2 Å². The minimum absolute atomic E-state index is 0.0426. The molecule has 0 amide bonds. The predicted octanol–water partition coefficient (Wildman–Crippen LogP) is 1.10. The van der Waals surface area contributed by atoms with Gasteiger partial charge < -0.3 is 10.5 Å². The van der Waals surface area contributed by atoms with Crippen molar-refractivity contribution in [3.8, 4) is 11.4 Å². The van der Waals surface area contributed by atoms with E-state index in [1.54, 1.807) is 0 Å². The number of aromatic nitrogens is 3. The highest BCUT2D eigenvalue weighted by molar-refractivity contribution is 5.54. The minimum atomic E-state index is -0.269. The van der Waals surface area contributed by atoms with Crippen molar-refractivity contribution in [2.24, 2.45) is 12.8 Å². The van der Waals surface area contributed by atoms with Gasteiger partial charge in [-0.2, -0.15) is 5.10 Å². The van der Waals surface area contributed by atoms with Gasteiger partial charge in [-0.3, -0.25) is 4.68 Å². The van der Waals surface area contributed by atoms with Gasteiger partial charge in [-0.25, -0.2) is 4.98 Å². The summed E-state index contributed by atoms with van der Waals surface area (Å²) in [6.07, 6.45) is 0. The van der Waals surface area contributed by atoms with Crippen LogP contribution in [0.1, 0.15) is 12.7 Å². The monoisotopic (exact) mass is 258 g/mol. The molecule has 0 aliphatic carbocycles. The van der Waals surface area contributed by atoms with Crippen LogP contribution in [-0.2, 0) is 17.2 Å². The molecule has 2 atom stereocenters. The molecule has 1 aromatic carbocycles. The molecule has 0 bridgehead atoms. The number of nitrogens with zero attached hydrogens (tertiary/aromatic N) is 3. The lowest BCUT2D eigenvalue weighted by molar-refractivity contribution is 0.177. The summed E-state index contributed by atoms with van der Waals surface area (Å²) in [5.41, 5.74) is 6.90. The molecule has 5 heteroatoms. The first-order chi connectivity index (χ1) is 9.11. The Labute approximate surface area is 112 Å². The normalized spacial score (nSPS) is 26.8. The lowest BCUT2D eigenvalue weighted by Gasteiger charge is -2.25. The van der Waals surface area contributed by atoms with E-state index in [-0.39, 0.29) is 11.5 Å². The first-order valence-electron chi connectivity index (χ1n) is 6.41. The number of rotatable bonds is 2. The SMILES string of the molecule is Cn1nc(-c2ccccc2)nc1C1(C)COCC1N. The van der Waals surface area contributed by atoms with Crippen molar-refractivity contribution in [1.82, 2.24) is 14.8 Å². The van der Waals surface area contributed by atoms with Gasteiger partial charge in [0.2, 0.25) is 0 Å². The number of hydrogen-bond acceptors (Lipinski definition) is 4. The summed E-state index contributed by atoms with van der Waals surface area (Å²) in [4.78, 5) is 4.68. The zero-order valence-corrected chi connectivity index (χ0v) is 11.2. The molecule has 1 saturated heterocycles. The van der Waals surface area contributed by atoms with Gasteiger partial charge in [-0.15, -0.1) is 0 Å². The molecule has 2 N–H and O–H groups in total. The Hall–Kier alpha value is -1.72. The summed E-state index contributed by atoms with van der Waals surface area (Å²) in [7, 11) is 1.91. The maximum absolute atomic E-state index is 6.16. The van der Waals surface area contributed by atoms with Crippen molar-refractivity contribution < 1.29 is 4.74 Å². The van der Waals surface area contributed by atoms with E-state index in [9.17, 15) is 0 Å². The zero-order valence-electron chi connectivity index (χ0n) is 11.2. The van der Waals surface area contributed by atoms with Crippen LogP contribution in [0.4, 0.5) is 0 Å². The van der Waals surface area contributed by atoms with E-state index in [1.807, 2.05) is 42.1 Å². The van der Waals surface area contributed by atoms with Gasteiger partial charge in [0.1, 0.15) is 5.82 Å². The summed E-state index contributed by atoms with van der Waals surface area (Å²) in [6, 6.07) is 9.92. The fourth-order valence-electron chi connectivity index (χ4n) is 2.51. The molecule has 0 spiro atoms. The Kier molecular flexibility index (Phi) is 2.88. The van der Waals surface area contributed by atoms with Crippen LogP contribution in [0.2, 0.25) is 0 Å². The van der Waals surface area contributed by atoms with Crippen LogP contribution in [-0.4, -0.2) is 34.0 Å².